The number of carbonyl (C=O) groups excluding carboxylic acids is 1. The average Bonchev–Trinajstić information content (AvgIpc) is 3.13. The van der Waals surface area contributed by atoms with Crippen molar-refractivity contribution in [2.45, 2.75) is 19.4 Å². The lowest BCUT2D eigenvalue weighted by molar-refractivity contribution is -0.132. The molecule has 2 aromatic carbocycles. The van der Waals surface area contributed by atoms with Crippen LogP contribution < -0.4 is 0 Å². The molecular weight excluding hydrogens is 334 g/mol. The van der Waals surface area contributed by atoms with Crippen LogP contribution in [0.15, 0.2) is 59.7 Å². The second kappa shape index (κ2) is 7.81. The van der Waals surface area contributed by atoms with E-state index in [2.05, 4.69) is 12.0 Å². The Labute approximate surface area is 153 Å². The number of hydrogen-bond donors (Lipinski definition) is 0. The van der Waals surface area contributed by atoms with Crippen LogP contribution in [0.2, 0.25) is 5.02 Å². The van der Waals surface area contributed by atoms with E-state index < -0.39 is 0 Å². The molecule has 0 spiro atoms. The smallest absolute Gasteiger partial charge is 0.256 e. The predicted octanol–water partition coefficient (Wildman–Crippen LogP) is 3.97. The molecule has 25 heavy (non-hydrogen) atoms. The van der Waals surface area contributed by atoms with Crippen LogP contribution in [0.5, 0.6) is 0 Å². The predicted molar refractivity (Wildman–Crippen MR) is 102 cm³/mol. The van der Waals surface area contributed by atoms with E-state index in [9.17, 15) is 4.79 Å². The number of hydrazone groups is 1. The van der Waals surface area contributed by atoms with E-state index in [0.717, 1.165) is 28.3 Å². The lowest BCUT2D eigenvalue weighted by Crippen LogP contribution is -2.36. The first kappa shape index (κ1) is 17.6. The maximum absolute atomic E-state index is 12.6. The zero-order valence-corrected chi connectivity index (χ0v) is 15.3. The molecule has 1 atom stereocenters. The van der Waals surface area contributed by atoms with Crippen molar-refractivity contribution in [1.29, 1.82) is 0 Å². The Morgan fingerprint density at radius 3 is 2.56 bits per heavy atom. The number of rotatable bonds is 5. The van der Waals surface area contributed by atoms with Gasteiger partial charge in [-0.2, -0.15) is 5.10 Å². The minimum Gasteiger partial charge on any atom is -0.291 e. The molecule has 1 heterocycles. The summed E-state index contributed by atoms with van der Waals surface area (Å²) in [5, 5.41) is 6.82. The van der Waals surface area contributed by atoms with Gasteiger partial charge in [-0.1, -0.05) is 54.1 Å². The second-order valence-corrected chi connectivity index (χ2v) is 6.76. The van der Waals surface area contributed by atoms with E-state index in [1.54, 1.807) is 5.01 Å². The van der Waals surface area contributed by atoms with Crippen LogP contribution in [0, 0.1) is 0 Å². The van der Waals surface area contributed by atoms with Gasteiger partial charge in [-0.15, -0.1) is 0 Å². The highest BCUT2D eigenvalue weighted by atomic mass is 35.5. The minimum absolute atomic E-state index is 0.0224. The van der Waals surface area contributed by atoms with Gasteiger partial charge in [-0.3, -0.25) is 9.69 Å². The lowest BCUT2D eigenvalue weighted by Gasteiger charge is -2.25. The third-order valence-corrected chi connectivity index (χ3v) is 4.85. The molecule has 3 rings (SSSR count). The highest BCUT2D eigenvalue weighted by Gasteiger charge is 2.24. The highest BCUT2D eigenvalue weighted by Crippen LogP contribution is 2.21. The van der Waals surface area contributed by atoms with Crippen molar-refractivity contribution in [3.05, 3.63) is 70.7 Å². The average molecular weight is 356 g/mol. The summed E-state index contributed by atoms with van der Waals surface area (Å²) in [6.45, 7) is 3.06. The summed E-state index contributed by atoms with van der Waals surface area (Å²) >= 11 is 5.94. The highest BCUT2D eigenvalue weighted by molar-refractivity contribution is 6.30. The molecule has 0 saturated heterocycles. The molecule has 5 heteroatoms. The molecule has 0 saturated carbocycles. The topological polar surface area (TPSA) is 35.9 Å². The van der Waals surface area contributed by atoms with Gasteiger partial charge >= 0.3 is 0 Å². The van der Waals surface area contributed by atoms with E-state index in [-0.39, 0.29) is 11.9 Å². The first-order valence-corrected chi connectivity index (χ1v) is 8.81. The van der Waals surface area contributed by atoms with Crippen LogP contribution in [0.3, 0.4) is 0 Å². The molecule has 0 unspecified atom stereocenters. The van der Waals surface area contributed by atoms with Gasteiger partial charge in [0, 0.05) is 17.5 Å². The molecule has 0 N–H and O–H groups in total. The zero-order valence-electron chi connectivity index (χ0n) is 14.5. The summed E-state index contributed by atoms with van der Waals surface area (Å²) in [7, 11) is 1.95. The van der Waals surface area contributed by atoms with Gasteiger partial charge in [0.1, 0.15) is 0 Å². The summed E-state index contributed by atoms with van der Waals surface area (Å²) in [5.41, 5.74) is 3.19. The third-order valence-electron chi connectivity index (χ3n) is 4.59. The number of amides is 1. The summed E-state index contributed by atoms with van der Waals surface area (Å²) in [6, 6.07) is 17.9. The largest absolute Gasteiger partial charge is 0.291 e. The van der Waals surface area contributed by atoms with Crippen molar-refractivity contribution in [2.24, 2.45) is 5.10 Å². The number of carbonyl (C=O) groups is 1. The number of benzene rings is 2. The van der Waals surface area contributed by atoms with Crippen molar-refractivity contribution in [3.8, 4) is 0 Å². The Balaban J connectivity index is 1.62. The van der Waals surface area contributed by atoms with E-state index in [0.29, 0.717) is 13.1 Å². The van der Waals surface area contributed by atoms with E-state index in [1.165, 1.54) is 0 Å². The molecule has 4 nitrogen and oxygen atoms in total. The Hall–Kier alpha value is -2.17. The maximum Gasteiger partial charge on any atom is 0.256 e. The standard InChI is InChI=1S/C20H22ClN3O/c1-15(16-8-10-18(21)11-9-16)23(2)14-20(25)24-13-12-19(22-24)17-6-4-3-5-7-17/h3-11,15H,12-14H2,1-2H3/t15-/m1/s1. The quantitative estimate of drug-likeness (QED) is 0.813. The fraction of sp³-hybridized carbons (Fsp3) is 0.300. The van der Waals surface area contributed by atoms with Crippen molar-refractivity contribution >= 4 is 23.2 Å². The van der Waals surface area contributed by atoms with Gasteiger partial charge < -0.3 is 0 Å². The van der Waals surface area contributed by atoms with Crippen LogP contribution >= 0.6 is 11.6 Å². The van der Waals surface area contributed by atoms with Gasteiger partial charge in [0.05, 0.1) is 18.8 Å². The Morgan fingerprint density at radius 1 is 1.20 bits per heavy atom. The molecular formula is C20H22ClN3O. The molecule has 130 valence electrons. The number of likely N-dealkylation sites (N-methyl/N-ethyl adjacent to an activating group) is 1. The fourth-order valence-corrected chi connectivity index (χ4v) is 3.02. The number of nitrogens with zero attached hydrogens (tertiary/aromatic N) is 3. The first-order valence-electron chi connectivity index (χ1n) is 8.43. The summed E-state index contributed by atoms with van der Waals surface area (Å²) in [6.07, 6.45) is 0.798. The van der Waals surface area contributed by atoms with E-state index in [1.807, 2.05) is 66.5 Å². The van der Waals surface area contributed by atoms with Gasteiger partial charge in [0.2, 0.25) is 0 Å². The molecule has 1 amide bonds. The van der Waals surface area contributed by atoms with Gasteiger partial charge in [-0.25, -0.2) is 5.01 Å². The van der Waals surface area contributed by atoms with Crippen LogP contribution in [-0.4, -0.2) is 41.7 Å². The van der Waals surface area contributed by atoms with Crippen LogP contribution in [-0.2, 0) is 4.79 Å². The summed E-state index contributed by atoms with van der Waals surface area (Å²) < 4.78 is 0. The molecule has 0 bridgehead atoms. The minimum atomic E-state index is 0.0224. The Morgan fingerprint density at radius 2 is 1.88 bits per heavy atom. The molecule has 0 radical (unpaired) electrons. The van der Waals surface area contributed by atoms with Gasteiger partial charge in [0.25, 0.3) is 5.91 Å². The van der Waals surface area contributed by atoms with Crippen molar-refractivity contribution in [1.82, 2.24) is 9.91 Å². The van der Waals surface area contributed by atoms with E-state index in [4.69, 9.17) is 11.6 Å². The normalized spacial score (nSPS) is 15.4. The van der Waals surface area contributed by atoms with E-state index >= 15 is 0 Å². The van der Waals surface area contributed by atoms with Crippen molar-refractivity contribution in [2.75, 3.05) is 20.1 Å². The zero-order chi connectivity index (χ0) is 17.8. The Kier molecular flexibility index (Phi) is 5.51. The molecule has 0 fully saturated rings. The first-order chi connectivity index (χ1) is 12.0. The third kappa shape index (κ3) is 4.27. The number of hydrogen-bond acceptors (Lipinski definition) is 3. The van der Waals surface area contributed by atoms with Gasteiger partial charge in [-0.05, 0) is 37.2 Å². The second-order valence-electron chi connectivity index (χ2n) is 6.32. The van der Waals surface area contributed by atoms with Crippen LogP contribution in [0.4, 0.5) is 0 Å². The Bertz CT molecular complexity index is 758. The molecule has 1 aliphatic rings. The SMILES string of the molecule is C[C@H](c1ccc(Cl)cc1)N(C)CC(=O)N1CCC(c2ccccc2)=N1. The molecule has 0 aromatic heterocycles. The van der Waals surface area contributed by atoms with Crippen LogP contribution in [0.1, 0.15) is 30.5 Å². The van der Waals surface area contributed by atoms with Crippen molar-refractivity contribution in [3.63, 3.8) is 0 Å². The summed E-state index contributed by atoms with van der Waals surface area (Å²) in [4.78, 5) is 14.6. The molecule has 2 aromatic rings. The fourth-order valence-electron chi connectivity index (χ4n) is 2.90. The lowest BCUT2D eigenvalue weighted by atomic mass is 10.1. The summed E-state index contributed by atoms with van der Waals surface area (Å²) in [5.74, 6) is 0.0224. The number of halogens is 1. The molecule has 1 aliphatic heterocycles. The maximum atomic E-state index is 12.6. The van der Waals surface area contributed by atoms with Crippen LogP contribution in [0.25, 0.3) is 0 Å². The van der Waals surface area contributed by atoms with Crippen molar-refractivity contribution < 1.29 is 4.79 Å². The van der Waals surface area contributed by atoms with Gasteiger partial charge in [0.15, 0.2) is 0 Å². The monoisotopic (exact) mass is 355 g/mol. The molecule has 0 aliphatic carbocycles.